The van der Waals surface area contributed by atoms with Crippen molar-refractivity contribution < 1.29 is 247 Å². The number of rotatable bonds is 35. The summed E-state index contributed by atoms with van der Waals surface area (Å²) in [5.41, 5.74) is 0. The highest BCUT2D eigenvalue weighted by Crippen LogP contribution is 2.40. The number of carbonyl (C=O) groups is 5. The maximum atomic E-state index is 13.2. The summed E-state index contributed by atoms with van der Waals surface area (Å²) in [4.78, 5) is 64.0. The smallest absolute Gasteiger partial charge is 0.217 e. The van der Waals surface area contributed by atoms with Crippen molar-refractivity contribution in [2.75, 3.05) is 59.5 Å². The first kappa shape index (κ1) is 101. The van der Waals surface area contributed by atoms with Crippen LogP contribution < -0.4 is 21.3 Å². The lowest BCUT2D eigenvalue weighted by Crippen LogP contribution is -2.70. The second-order valence-electron chi connectivity index (χ2n) is 30.6. The van der Waals surface area contributed by atoms with Crippen LogP contribution >= 0.6 is 0 Å². The molecule has 9 fully saturated rings. The van der Waals surface area contributed by atoms with Gasteiger partial charge in [-0.05, 0) is 6.92 Å². The summed E-state index contributed by atoms with van der Waals surface area (Å²) in [5, 5.41) is 310. The maximum Gasteiger partial charge on any atom is 0.217 e. The van der Waals surface area contributed by atoms with E-state index in [2.05, 4.69) is 21.3 Å². The Kier molecular flexibility index (Phi) is 37.3. The van der Waals surface area contributed by atoms with Crippen molar-refractivity contribution in [1.29, 1.82) is 0 Å². The van der Waals surface area contributed by atoms with Crippen LogP contribution in [0.15, 0.2) is 0 Å². The zero-order valence-corrected chi connectivity index (χ0v) is 65.7. The quantitative estimate of drug-likeness (QED) is 0.0262. The average molecular weight is 1790 g/mol. The van der Waals surface area contributed by atoms with Crippen molar-refractivity contribution >= 4 is 29.9 Å². The molecule has 4 amide bonds. The Morgan fingerprint density at radius 2 is 0.648 bits per heavy atom. The number of amides is 4. The van der Waals surface area contributed by atoms with Gasteiger partial charge in [0, 0.05) is 27.7 Å². The molecule has 49 atom stereocenters. The maximum absolute atomic E-state index is 13.2. The number of ether oxygens (including phenoxy) is 18. The number of aliphatic hydroxyl groups is 27. The molecule has 0 bridgehead atoms. The molecule has 9 saturated heterocycles. The third kappa shape index (κ3) is 22.9. The fourth-order valence-electron chi connectivity index (χ4n) is 15.3. The average Bonchev–Trinajstić information content (AvgIpc) is 0.768. The highest BCUT2D eigenvalue weighted by atomic mass is 16.8. The van der Waals surface area contributed by atoms with Crippen molar-refractivity contribution in [3.05, 3.63) is 0 Å². The van der Waals surface area contributed by atoms with Crippen LogP contribution in [-0.4, -0.2) is 528 Å². The summed E-state index contributed by atoms with van der Waals surface area (Å²) >= 11 is 0. The molecule has 0 aromatic rings. The lowest BCUT2D eigenvalue weighted by molar-refractivity contribution is -0.398. The van der Waals surface area contributed by atoms with Crippen molar-refractivity contribution in [3.63, 3.8) is 0 Å². The summed E-state index contributed by atoms with van der Waals surface area (Å²) < 4.78 is 106. The van der Waals surface area contributed by atoms with Crippen LogP contribution in [0.5, 0.6) is 0 Å². The minimum Gasteiger partial charge on any atom is -0.394 e. The summed E-state index contributed by atoms with van der Waals surface area (Å²) in [6, 6.07) is -8.03. The third-order valence-corrected chi connectivity index (χ3v) is 22.0. The van der Waals surface area contributed by atoms with Gasteiger partial charge < -0.3 is 249 Å². The van der Waals surface area contributed by atoms with E-state index in [9.17, 15) is 162 Å². The molecule has 9 aliphatic rings. The molecule has 0 aromatic heterocycles. The Balaban J connectivity index is 1.07. The zero-order valence-electron chi connectivity index (χ0n) is 65.7. The Bertz CT molecular complexity index is 3270. The monoisotopic (exact) mass is 1790 g/mol. The van der Waals surface area contributed by atoms with Crippen molar-refractivity contribution in [2.45, 2.75) is 335 Å². The SMILES string of the molecule is CC(=O)NC(C=O)C(O)C(OC1OC(CO)C(OC2OC(COC3OC(CO)C(O)C(O)C3OC3OC(CO)C(OC4OC(CO)C(O)C(O)C4O)C(O)C3NC(C)=O)C(O)C(OC3OC(CO)C(O)C(O)C3OC3OC(CO)C(OC4OC(CO)C(O)C(O)C4O)C(O)C3NC(C)=O)C2O)C(O)C1NC(C)=O)C(O)COC1OC(C)C(O)C(O)C1O. The minimum absolute atomic E-state index is 0.00602. The van der Waals surface area contributed by atoms with Gasteiger partial charge >= 0.3 is 0 Å². The topological polar surface area (TPSA) is 846 Å². The number of hydrogen-bond donors (Lipinski definition) is 31. The normalized spacial score (nSPS) is 46.9. The molecular formula is C68H114N4O50. The Hall–Kier alpha value is -4.25. The van der Waals surface area contributed by atoms with Crippen LogP contribution in [0.1, 0.15) is 34.6 Å². The number of nitrogens with one attached hydrogen (secondary N) is 4. The lowest BCUT2D eigenvalue weighted by atomic mass is 9.94. The molecule has 9 aliphatic heterocycles. The zero-order chi connectivity index (χ0) is 90.2. The van der Waals surface area contributed by atoms with Crippen LogP contribution in [0.3, 0.4) is 0 Å². The van der Waals surface area contributed by atoms with Gasteiger partial charge in [0.05, 0.1) is 65.6 Å². The fraction of sp³-hybridized carbons (Fsp3) is 0.926. The van der Waals surface area contributed by atoms with Gasteiger partial charge in [0.1, 0.15) is 244 Å². The third-order valence-electron chi connectivity index (χ3n) is 22.0. The summed E-state index contributed by atoms with van der Waals surface area (Å²) in [5.74, 6) is -3.93. The number of carbonyl (C=O) groups excluding carboxylic acids is 5. The Morgan fingerprint density at radius 3 is 1.05 bits per heavy atom. The van der Waals surface area contributed by atoms with Gasteiger partial charge in [-0.25, -0.2) is 0 Å². The molecule has 0 radical (unpaired) electrons. The van der Waals surface area contributed by atoms with Gasteiger partial charge in [-0.3, -0.25) is 19.2 Å². The predicted octanol–water partition coefficient (Wildman–Crippen LogP) is -21.4. The van der Waals surface area contributed by atoms with E-state index in [4.69, 9.17) is 85.3 Å². The molecule has 0 saturated carbocycles. The largest absolute Gasteiger partial charge is 0.394 e. The van der Waals surface area contributed by atoms with Crippen LogP contribution in [0.2, 0.25) is 0 Å². The fourth-order valence-corrected chi connectivity index (χ4v) is 15.3. The molecule has 54 nitrogen and oxygen atoms in total. The first-order valence-corrected chi connectivity index (χ1v) is 38.8. The van der Waals surface area contributed by atoms with Crippen molar-refractivity contribution in [1.82, 2.24) is 21.3 Å². The molecule has 31 N–H and O–H groups in total. The number of aldehydes is 1. The van der Waals surface area contributed by atoms with E-state index < -0.39 is 384 Å². The van der Waals surface area contributed by atoms with E-state index in [1.165, 1.54) is 6.92 Å². The van der Waals surface area contributed by atoms with Crippen molar-refractivity contribution in [2.24, 2.45) is 0 Å². The summed E-state index contributed by atoms with van der Waals surface area (Å²) in [6.07, 6.45) is -95.4. The van der Waals surface area contributed by atoms with E-state index in [1.54, 1.807) is 0 Å². The molecule has 9 rings (SSSR count). The van der Waals surface area contributed by atoms with Gasteiger partial charge in [-0.1, -0.05) is 0 Å². The second-order valence-corrected chi connectivity index (χ2v) is 30.6. The van der Waals surface area contributed by atoms with Crippen LogP contribution in [-0.2, 0) is 109 Å². The first-order chi connectivity index (χ1) is 57.6. The highest BCUT2D eigenvalue weighted by Gasteiger charge is 2.61. The molecular weight excluding hydrogens is 1670 g/mol. The standard InChI is InChI=1S/C68H114N4O50/c1-16-34(86)44(96)49(101)63(107-16)105-14-22(85)53(35(87)21(6-73)69-17(2)81)116-60-31(70-18(3)82)41(93)56(29(13-80)112-60)119-66-52(104)57(120-68-59(48(100)39(91)26(10-77)111-68)122-62-33(72-20(5)84)43(95)55(28(12-79)114-62)118-65-51(103)46(98)37(89)24(8-75)109-65)40(92)30(115-66)15-106-67-58(47(99)38(90)25(9-76)110-67)121-61-32(71-19(4)83)42(94)54(27(11-78)113-61)117-64-50(102)45(97)36(88)23(7-74)108-64/h6,16,21-68,74-80,85-104H,7-15H2,1-5H3,(H,69,81)(H,70,82)(H,71,83)(H,72,84). The van der Waals surface area contributed by atoms with Crippen LogP contribution in [0.25, 0.3) is 0 Å². The summed E-state index contributed by atoms with van der Waals surface area (Å²) in [7, 11) is 0. The van der Waals surface area contributed by atoms with Gasteiger partial charge in [-0.15, -0.1) is 0 Å². The molecule has 54 heteroatoms. The Labute approximate surface area is 691 Å². The molecule has 0 aliphatic carbocycles. The van der Waals surface area contributed by atoms with E-state index in [0.29, 0.717) is 0 Å². The van der Waals surface area contributed by atoms with Crippen LogP contribution in [0.4, 0.5) is 0 Å². The van der Waals surface area contributed by atoms with Gasteiger partial charge in [0.25, 0.3) is 0 Å². The van der Waals surface area contributed by atoms with E-state index >= 15 is 0 Å². The van der Waals surface area contributed by atoms with Crippen LogP contribution in [0, 0.1) is 0 Å². The van der Waals surface area contributed by atoms with E-state index in [1.807, 2.05) is 0 Å². The molecule has 0 spiro atoms. The molecule has 9 heterocycles. The highest BCUT2D eigenvalue weighted by molar-refractivity contribution is 5.77. The molecule has 49 unspecified atom stereocenters. The molecule has 122 heavy (non-hydrogen) atoms. The Morgan fingerprint density at radius 1 is 0.320 bits per heavy atom. The van der Waals surface area contributed by atoms with Gasteiger partial charge in [0.2, 0.25) is 23.6 Å². The first-order valence-electron chi connectivity index (χ1n) is 38.8. The molecule has 706 valence electrons. The second kappa shape index (κ2) is 44.9. The van der Waals surface area contributed by atoms with E-state index in [-0.39, 0.29) is 6.29 Å². The van der Waals surface area contributed by atoms with Gasteiger partial charge in [-0.2, -0.15) is 0 Å². The van der Waals surface area contributed by atoms with Gasteiger partial charge in [0.15, 0.2) is 56.6 Å². The minimum atomic E-state index is -2.66. The van der Waals surface area contributed by atoms with E-state index in [0.717, 1.165) is 27.7 Å². The number of aliphatic hydroxyl groups excluding tert-OH is 27. The van der Waals surface area contributed by atoms with Crippen molar-refractivity contribution in [3.8, 4) is 0 Å². The molecule has 0 aromatic carbocycles. The predicted molar refractivity (Wildman–Crippen MR) is 376 cm³/mol. The summed E-state index contributed by atoms with van der Waals surface area (Å²) in [6.45, 7) is -5.39. The lowest BCUT2D eigenvalue weighted by Gasteiger charge is -2.51. The number of hydrogen-bond acceptors (Lipinski definition) is 50.